The zero-order valence-electron chi connectivity index (χ0n) is 10.1. The van der Waals surface area contributed by atoms with Gasteiger partial charge in [0, 0.05) is 33.5 Å². The van der Waals surface area contributed by atoms with E-state index in [-0.39, 0.29) is 17.9 Å². The Bertz CT molecular complexity index is 385. The summed E-state index contributed by atoms with van der Waals surface area (Å²) in [4.78, 5) is 11.2. The van der Waals surface area contributed by atoms with Crippen molar-refractivity contribution < 1.29 is 9.47 Å². The Kier molecular flexibility index (Phi) is 4.52. The van der Waals surface area contributed by atoms with Crippen molar-refractivity contribution in [3.63, 3.8) is 0 Å². The molecule has 1 aromatic heterocycles. The minimum absolute atomic E-state index is 0.00694. The number of methoxy groups -OCH3 is 2. The number of aromatic nitrogens is 1. The minimum Gasteiger partial charge on any atom is -0.376 e. The second kappa shape index (κ2) is 5.67. The highest BCUT2D eigenvalue weighted by atomic mass is 16.7. The van der Waals surface area contributed by atoms with E-state index in [9.17, 15) is 4.79 Å². The lowest BCUT2D eigenvalue weighted by Gasteiger charge is -2.23. The summed E-state index contributed by atoms with van der Waals surface area (Å²) in [6.07, 6.45) is 1.42. The number of nitrogens with zero attached hydrogens (tertiary/aromatic N) is 1. The van der Waals surface area contributed by atoms with Gasteiger partial charge in [-0.05, 0) is 13.0 Å². The van der Waals surface area contributed by atoms with Crippen molar-refractivity contribution in [3.8, 4) is 0 Å². The first-order chi connectivity index (χ1) is 7.58. The molecule has 1 unspecified atom stereocenters. The van der Waals surface area contributed by atoms with Crippen LogP contribution in [-0.2, 0) is 16.5 Å². The van der Waals surface area contributed by atoms with E-state index in [4.69, 9.17) is 9.47 Å². The van der Waals surface area contributed by atoms with Crippen molar-refractivity contribution in [1.82, 2.24) is 4.57 Å². The average molecular weight is 226 g/mol. The first kappa shape index (κ1) is 12.7. The van der Waals surface area contributed by atoms with Gasteiger partial charge in [0.25, 0.3) is 0 Å². The Morgan fingerprint density at radius 1 is 1.31 bits per heavy atom. The third kappa shape index (κ3) is 3.08. The van der Waals surface area contributed by atoms with Crippen molar-refractivity contribution >= 4 is 5.69 Å². The molecular weight excluding hydrogens is 208 g/mol. The highest BCUT2D eigenvalue weighted by molar-refractivity contribution is 5.41. The summed E-state index contributed by atoms with van der Waals surface area (Å²) in [6.45, 7) is 1.95. The molecule has 16 heavy (non-hydrogen) atoms. The number of hydrogen-bond acceptors (Lipinski definition) is 4. The fraction of sp³-hybridized carbons (Fsp3) is 0.545. The lowest BCUT2D eigenvalue weighted by molar-refractivity contribution is -0.109. The molecular formula is C11H18N2O3. The maximum Gasteiger partial charge on any atom is 0.250 e. The predicted octanol–water partition coefficient (Wildman–Crippen LogP) is 0.805. The smallest absolute Gasteiger partial charge is 0.250 e. The second-order valence-electron chi connectivity index (χ2n) is 3.64. The van der Waals surface area contributed by atoms with Gasteiger partial charge in [-0.1, -0.05) is 0 Å². The van der Waals surface area contributed by atoms with Crippen LogP contribution in [-0.4, -0.2) is 31.1 Å². The summed E-state index contributed by atoms with van der Waals surface area (Å²) in [5.74, 6) is 0. The molecule has 90 valence electrons. The van der Waals surface area contributed by atoms with Gasteiger partial charge in [0.1, 0.15) is 0 Å². The number of nitrogens with one attached hydrogen (secondary N) is 1. The van der Waals surface area contributed by atoms with E-state index in [0.29, 0.717) is 0 Å². The van der Waals surface area contributed by atoms with Crippen LogP contribution in [0.3, 0.4) is 0 Å². The quantitative estimate of drug-likeness (QED) is 0.755. The van der Waals surface area contributed by atoms with E-state index < -0.39 is 0 Å². The number of anilines is 1. The zero-order valence-corrected chi connectivity index (χ0v) is 10.1. The van der Waals surface area contributed by atoms with E-state index in [1.807, 2.05) is 6.92 Å². The average Bonchev–Trinajstić information content (AvgIpc) is 2.25. The van der Waals surface area contributed by atoms with Crippen LogP contribution in [0.15, 0.2) is 23.1 Å². The molecule has 1 atom stereocenters. The molecule has 0 saturated heterocycles. The number of pyridine rings is 1. The zero-order chi connectivity index (χ0) is 12.1. The number of rotatable bonds is 5. The number of aryl methyl sites for hydroxylation is 1. The molecule has 1 aromatic rings. The molecule has 0 bridgehead atoms. The summed E-state index contributed by atoms with van der Waals surface area (Å²) in [5, 5.41) is 3.20. The molecule has 0 fully saturated rings. The molecule has 1 rings (SSSR count). The molecule has 5 heteroatoms. The Morgan fingerprint density at radius 3 is 2.44 bits per heavy atom. The van der Waals surface area contributed by atoms with Gasteiger partial charge in [-0.3, -0.25) is 4.79 Å². The number of ether oxygens (including phenoxy) is 2. The molecule has 0 radical (unpaired) electrons. The van der Waals surface area contributed by atoms with Gasteiger partial charge < -0.3 is 19.4 Å². The summed E-state index contributed by atoms with van der Waals surface area (Å²) in [5.41, 5.74) is 0.821. The second-order valence-corrected chi connectivity index (χ2v) is 3.64. The summed E-state index contributed by atoms with van der Waals surface area (Å²) in [7, 11) is 4.89. The van der Waals surface area contributed by atoms with Crippen molar-refractivity contribution in [1.29, 1.82) is 0 Å². The first-order valence-electron chi connectivity index (χ1n) is 5.07. The van der Waals surface area contributed by atoms with Gasteiger partial charge in [0.05, 0.1) is 11.7 Å². The van der Waals surface area contributed by atoms with Crippen LogP contribution in [0.1, 0.15) is 6.92 Å². The van der Waals surface area contributed by atoms with Crippen molar-refractivity contribution in [2.75, 3.05) is 19.5 Å². The Morgan fingerprint density at radius 2 is 1.94 bits per heavy atom. The van der Waals surface area contributed by atoms with Crippen LogP contribution in [0.25, 0.3) is 0 Å². The summed E-state index contributed by atoms with van der Waals surface area (Å²) >= 11 is 0. The maximum atomic E-state index is 11.2. The van der Waals surface area contributed by atoms with Gasteiger partial charge in [-0.25, -0.2) is 0 Å². The largest absolute Gasteiger partial charge is 0.376 e. The van der Waals surface area contributed by atoms with E-state index in [2.05, 4.69) is 5.32 Å². The summed E-state index contributed by atoms with van der Waals surface area (Å²) < 4.78 is 11.8. The monoisotopic (exact) mass is 226 g/mol. The minimum atomic E-state index is -0.322. The molecule has 0 aliphatic carbocycles. The topological polar surface area (TPSA) is 52.5 Å². The highest BCUT2D eigenvalue weighted by Gasteiger charge is 2.15. The third-order valence-electron chi connectivity index (χ3n) is 2.35. The first-order valence-corrected chi connectivity index (χ1v) is 5.07. The van der Waals surface area contributed by atoms with Crippen LogP contribution in [0, 0.1) is 0 Å². The Labute approximate surface area is 95.0 Å². The summed E-state index contributed by atoms with van der Waals surface area (Å²) in [6, 6.07) is 3.25. The normalized spacial score (nSPS) is 12.8. The maximum absolute atomic E-state index is 11.2. The van der Waals surface area contributed by atoms with E-state index >= 15 is 0 Å². The van der Waals surface area contributed by atoms with Gasteiger partial charge in [-0.15, -0.1) is 0 Å². The van der Waals surface area contributed by atoms with Crippen molar-refractivity contribution in [2.45, 2.75) is 19.3 Å². The van der Waals surface area contributed by atoms with Crippen LogP contribution < -0.4 is 10.9 Å². The van der Waals surface area contributed by atoms with Gasteiger partial charge in [-0.2, -0.15) is 0 Å². The van der Waals surface area contributed by atoms with Crippen LogP contribution in [0.2, 0.25) is 0 Å². The molecule has 0 spiro atoms. The lowest BCUT2D eigenvalue weighted by Crippen LogP contribution is -2.34. The van der Waals surface area contributed by atoms with Crippen LogP contribution in [0.4, 0.5) is 5.69 Å². The molecule has 0 aliphatic rings. The lowest BCUT2D eigenvalue weighted by atomic mass is 10.3. The molecule has 5 nitrogen and oxygen atoms in total. The molecule has 0 saturated carbocycles. The highest BCUT2D eigenvalue weighted by Crippen LogP contribution is 2.09. The van der Waals surface area contributed by atoms with Gasteiger partial charge in [0.2, 0.25) is 5.56 Å². The van der Waals surface area contributed by atoms with E-state index in [1.54, 1.807) is 33.5 Å². The van der Waals surface area contributed by atoms with Crippen LogP contribution >= 0.6 is 0 Å². The number of hydrogen-bond donors (Lipinski definition) is 1. The van der Waals surface area contributed by atoms with Gasteiger partial charge >= 0.3 is 0 Å². The molecule has 0 amide bonds. The Balaban J connectivity index is 2.72. The van der Waals surface area contributed by atoms with Crippen molar-refractivity contribution in [3.05, 3.63) is 28.7 Å². The van der Waals surface area contributed by atoms with E-state index in [0.717, 1.165) is 5.69 Å². The molecule has 1 N–H and O–H groups in total. The molecule has 0 aromatic carbocycles. The van der Waals surface area contributed by atoms with Crippen molar-refractivity contribution in [2.24, 2.45) is 7.05 Å². The standard InChI is InChI=1S/C11H18N2O3/c1-8(11(15-3)16-4)12-9-5-6-10(14)13(2)7-9/h5-8,11-12H,1-4H3. The molecule has 1 heterocycles. The Hall–Kier alpha value is -1.33. The molecule has 0 aliphatic heterocycles. The van der Waals surface area contributed by atoms with Gasteiger partial charge in [0.15, 0.2) is 6.29 Å². The fourth-order valence-electron chi connectivity index (χ4n) is 1.51. The SMILES string of the molecule is COC(OC)C(C)Nc1ccc(=O)n(C)c1. The third-order valence-corrected chi connectivity index (χ3v) is 2.35. The van der Waals surface area contributed by atoms with Crippen LogP contribution in [0.5, 0.6) is 0 Å². The predicted molar refractivity (Wildman–Crippen MR) is 62.6 cm³/mol. The fourth-order valence-corrected chi connectivity index (χ4v) is 1.51. The van der Waals surface area contributed by atoms with E-state index in [1.165, 1.54) is 10.6 Å².